The summed E-state index contributed by atoms with van der Waals surface area (Å²) in [5.74, 6) is 0.164. The van der Waals surface area contributed by atoms with Crippen molar-refractivity contribution in [2.24, 2.45) is 5.92 Å². The van der Waals surface area contributed by atoms with E-state index in [9.17, 15) is 9.18 Å². The molecule has 0 saturated heterocycles. The molecule has 0 bridgehead atoms. The lowest BCUT2D eigenvalue weighted by molar-refractivity contribution is 0.100. The number of hydrogen-bond donors (Lipinski definition) is 0. The Labute approximate surface area is 88.1 Å². The molecular formula is C12H13FO2. The molecule has 1 aliphatic carbocycles. The van der Waals surface area contributed by atoms with E-state index in [-0.39, 0.29) is 11.3 Å². The fourth-order valence-corrected chi connectivity index (χ4v) is 1.46. The van der Waals surface area contributed by atoms with Crippen molar-refractivity contribution in [2.75, 3.05) is 6.61 Å². The summed E-state index contributed by atoms with van der Waals surface area (Å²) in [4.78, 5) is 11.2. The third kappa shape index (κ3) is 2.35. The summed E-state index contributed by atoms with van der Waals surface area (Å²) in [5.41, 5.74) is 0.0677. The van der Waals surface area contributed by atoms with Crippen LogP contribution < -0.4 is 4.74 Å². The first kappa shape index (κ1) is 10.1. The van der Waals surface area contributed by atoms with E-state index in [4.69, 9.17) is 4.74 Å². The maximum Gasteiger partial charge on any atom is 0.166 e. The molecule has 0 aromatic heterocycles. The largest absolute Gasteiger partial charge is 0.492 e. The van der Waals surface area contributed by atoms with Crippen LogP contribution in [-0.4, -0.2) is 12.4 Å². The zero-order valence-electron chi connectivity index (χ0n) is 8.63. The molecule has 80 valence electrons. The van der Waals surface area contributed by atoms with Gasteiger partial charge in [0.05, 0.1) is 12.2 Å². The van der Waals surface area contributed by atoms with Gasteiger partial charge >= 0.3 is 0 Å². The van der Waals surface area contributed by atoms with Gasteiger partial charge in [0.2, 0.25) is 0 Å². The molecule has 0 radical (unpaired) electrons. The molecule has 1 saturated carbocycles. The Kier molecular flexibility index (Phi) is 2.71. The van der Waals surface area contributed by atoms with Crippen molar-refractivity contribution in [1.29, 1.82) is 0 Å². The van der Waals surface area contributed by atoms with Gasteiger partial charge in [-0.3, -0.25) is 4.79 Å². The molecule has 1 fully saturated rings. The van der Waals surface area contributed by atoms with Gasteiger partial charge in [0, 0.05) is 0 Å². The zero-order valence-corrected chi connectivity index (χ0v) is 8.63. The number of carbonyl (C=O) groups excluding carboxylic acids is 1. The van der Waals surface area contributed by atoms with Crippen LogP contribution in [0.1, 0.15) is 30.1 Å². The molecule has 0 atom stereocenters. The van der Waals surface area contributed by atoms with Crippen molar-refractivity contribution in [1.82, 2.24) is 0 Å². The van der Waals surface area contributed by atoms with Crippen molar-refractivity contribution in [2.45, 2.75) is 19.8 Å². The van der Waals surface area contributed by atoms with Crippen LogP contribution in [0.25, 0.3) is 0 Å². The molecule has 0 aliphatic heterocycles. The highest BCUT2D eigenvalue weighted by molar-refractivity contribution is 5.97. The van der Waals surface area contributed by atoms with Gasteiger partial charge in [-0.25, -0.2) is 4.39 Å². The summed E-state index contributed by atoms with van der Waals surface area (Å²) in [5, 5.41) is 0. The Morgan fingerprint density at radius 1 is 1.53 bits per heavy atom. The second-order valence-electron chi connectivity index (χ2n) is 3.92. The van der Waals surface area contributed by atoms with Gasteiger partial charge in [-0.2, -0.15) is 0 Å². The van der Waals surface area contributed by atoms with Crippen LogP contribution in [0.4, 0.5) is 4.39 Å². The van der Waals surface area contributed by atoms with Gasteiger partial charge in [-0.15, -0.1) is 0 Å². The molecule has 3 heteroatoms. The van der Waals surface area contributed by atoms with Crippen molar-refractivity contribution in [3.63, 3.8) is 0 Å². The number of halogens is 1. The Bertz CT molecular complexity index is 383. The SMILES string of the molecule is CC(=O)c1c(F)cccc1OCC1CC1. The van der Waals surface area contributed by atoms with Gasteiger partial charge in [0.25, 0.3) is 0 Å². The highest BCUT2D eigenvalue weighted by Crippen LogP contribution is 2.30. The van der Waals surface area contributed by atoms with E-state index >= 15 is 0 Å². The molecular weight excluding hydrogens is 195 g/mol. The second-order valence-corrected chi connectivity index (χ2v) is 3.92. The first-order chi connectivity index (χ1) is 7.18. The van der Waals surface area contributed by atoms with Crippen LogP contribution >= 0.6 is 0 Å². The van der Waals surface area contributed by atoms with E-state index in [1.165, 1.54) is 25.8 Å². The van der Waals surface area contributed by atoms with Crippen LogP contribution in [0.5, 0.6) is 5.75 Å². The number of benzene rings is 1. The summed E-state index contributed by atoms with van der Waals surface area (Å²) in [6.07, 6.45) is 2.34. The van der Waals surface area contributed by atoms with Crippen molar-refractivity contribution < 1.29 is 13.9 Å². The van der Waals surface area contributed by atoms with Gasteiger partial charge in [-0.1, -0.05) is 6.07 Å². The summed E-state index contributed by atoms with van der Waals surface area (Å²) >= 11 is 0. The lowest BCUT2D eigenvalue weighted by Crippen LogP contribution is -2.06. The monoisotopic (exact) mass is 208 g/mol. The Hall–Kier alpha value is -1.38. The first-order valence-electron chi connectivity index (χ1n) is 5.10. The maximum absolute atomic E-state index is 13.3. The maximum atomic E-state index is 13.3. The van der Waals surface area contributed by atoms with E-state index in [1.54, 1.807) is 12.1 Å². The highest BCUT2D eigenvalue weighted by Gasteiger charge is 2.23. The fraction of sp³-hybridized carbons (Fsp3) is 0.417. The molecule has 1 aromatic rings. The lowest BCUT2D eigenvalue weighted by atomic mass is 10.1. The van der Waals surface area contributed by atoms with E-state index in [0.29, 0.717) is 18.3 Å². The number of carbonyl (C=O) groups is 1. The van der Waals surface area contributed by atoms with Crippen molar-refractivity contribution in [3.8, 4) is 5.75 Å². The van der Waals surface area contributed by atoms with Gasteiger partial charge in [0.1, 0.15) is 11.6 Å². The van der Waals surface area contributed by atoms with Crippen molar-refractivity contribution >= 4 is 5.78 Å². The smallest absolute Gasteiger partial charge is 0.166 e. The van der Waals surface area contributed by atoms with Crippen LogP contribution in [0, 0.1) is 11.7 Å². The topological polar surface area (TPSA) is 26.3 Å². The lowest BCUT2D eigenvalue weighted by Gasteiger charge is -2.09. The van der Waals surface area contributed by atoms with E-state index in [1.807, 2.05) is 0 Å². The van der Waals surface area contributed by atoms with Crippen LogP contribution in [-0.2, 0) is 0 Å². The van der Waals surface area contributed by atoms with E-state index < -0.39 is 5.82 Å². The molecule has 0 unspecified atom stereocenters. The zero-order chi connectivity index (χ0) is 10.8. The van der Waals surface area contributed by atoms with Gasteiger partial charge < -0.3 is 4.74 Å². The average molecular weight is 208 g/mol. The van der Waals surface area contributed by atoms with Crippen molar-refractivity contribution in [3.05, 3.63) is 29.6 Å². The average Bonchev–Trinajstić information content (AvgIpc) is 2.97. The summed E-state index contributed by atoms with van der Waals surface area (Å²) < 4.78 is 18.8. The Morgan fingerprint density at radius 2 is 2.27 bits per heavy atom. The molecule has 1 aromatic carbocycles. The van der Waals surface area contributed by atoms with Gasteiger partial charge in [0.15, 0.2) is 5.78 Å². The third-order valence-corrected chi connectivity index (χ3v) is 2.50. The highest BCUT2D eigenvalue weighted by atomic mass is 19.1. The minimum absolute atomic E-state index is 0.0677. The number of Topliss-reactive ketones (excluding diaryl/α,β-unsaturated/α-hetero) is 1. The van der Waals surface area contributed by atoms with E-state index in [0.717, 1.165) is 0 Å². The van der Waals surface area contributed by atoms with Crippen LogP contribution in [0.2, 0.25) is 0 Å². The molecule has 0 N–H and O–H groups in total. The molecule has 2 nitrogen and oxygen atoms in total. The van der Waals surface area contributed by atoms with E-state index in [2.05, 4.69) is 0 Å². The molecule has 0 spiro atoms. The fourth-order valence-electron chi connectivity index (χ4n) is 1.46. The predicted octanol–water partition coefficient (Wildman–Crippen LogP) is 2.82. The van der Waals surface area contributed by atoms with Gasteiger partial charge in [-0.05, 0) is 37.8 Å². The second kappa shape index (κ2) is 4.01. The molecule has 0 amide bonds. The molecule has 15 heavy (non-hydrogen) atoms. The quantitative estimate of drug-likeness (QED) is 0.711. The summed E-state index contributed by atoms with van der Waals surface area (Å²) in [6.45, 7) is 1.94. The predicted molar refractivity (Wildman–Crippen MR) is 54.6 cm³/mol. The molecule has 2 rings (SSSR count). The minimum Gasteiger partial charge on any atom is -0.492 e. The Balaban J connectivity index is 2.19. The number of hydrogen-bond acceptors (Lipinski definition) is 2. The number of ketones is 1. The Morgan fingerprint density at radius 3 is 2.87 bits per heavy atom. The summed E-state index contributed by atoms with van der Waals surface area (Å²) in [7, 11) is 0. The third-order valence-electron chi connectivity index (χ3n) is 2.50. The number of rotatable bonds is 4. The summed E-state index contributed by atoms with van der Waals surface area (Å²) in [6, 6.07) is 4.48. The molecule has 0 heterocycles. The minimum atomic E-state index is -0.504. The first-order valence-corrected chi connectivity index (χ1v) is 5.10. The van der Waals surface area contributed by atoms with Crippen LogP contribution in [0.3, 0.4) is 0 Å². The number of ether oxygens (including phenoxy) is 1. The molecule has 1 aliphatic rings. The standard InChI is InChI=1S/C12H13FO2/c1-8(14)12-10(13)3-2-4-11(12)15-7-9-5-6-9/h2-4,9H,5-7H2,1H3. The van der Waals surface area contributed by atoms with Crippen LogP contribution in [0.15, 0.2) is 18.2 Å². The normalized spacial score (nSPS) is 15.1.